The highest BCUT2D eigenvalue weighted by Crippen LogP contribution is 2.24. The Labute approximate surface area is 207 Å². The molecular formula is C27H23N5O4. The third-order valence-electron chi connectivity index (χ3n) is 4.89. The lowest BCUT2D eigenvalue weighted by molar-refractivity contribution is -0.135. The maximum Gasteiger partial charge on any atom is 0.317 e. The highest BCUT2D eigenvalue weighted by Gasteiger charge is 2.13. The van der Waals surface area contributed by atoms with Crippen molar-refractivity contribution < 1.29 is 19.5 Å². The Hall–Kier alpha value is -4.91. The Morgan fingerprint density at radius 1 is 1.03 bits per heavy atom. The molecule has 0 aliphatic carbocycles. The number of aliphatic carboxylic acids is 1. The number of aromatic nitrogens is 2. The topological polar surface area (TPSA) is 147 Å². The zero-order chi connectivity index (χ0) is 25.9. The molecule has 0 unspecified atom stereocenters. The summed E-state index contributed by atoms with van der Waals surface area (Å²) in [5, 5.41) is 11.0. The minimum absolute atomic E-state index is 0.0417. The fraction of sp³-hybridized carbons (Fsp3) is 0.0741. The number of pyridine rings is 2. The van der Waals surface area contributed by atoms with Crippen LogP contribution in [-0.4, -0.2) is 46.8 Å². The summed E-state index contributed by atoms with van der Waals surface area (Å²) in [4.78, 5) is 41.2. The van der Waals surface area contributed by atoms with Crippen LogP contribution in [0.1, 0.15) is 31.8 Å². The summed E-state index contributed by atoms with van der Waals surface area (Å²) in [6.07, 6.45) is 4.02. The number of hydrogen-bond acceptors (Lipinski definition) is 7. The van der Waals surface area contributed by atoms with Gasteiger partial charge in [0, 0.05) is 40.0 Å². The van der Waals surface area contributed by atoms with Crippen LogP contribution in [0, 0.1) is 11.8 Å². The van der Waals surface area contributed by atoms with Crippen LogP contribution in [0.2, 0.25) is 0 Å². The highest BCUT2D eigenvalue weighted by atomic mass is 16.4. The third kappa shape index (κ3) is 6.80. The van der Waals surface area contributed by atoms with Crippen LogP contribution in [0.4, 0.5) is 0 Å². The Bertz CT molecular complexity index is 1440. The number of benzene rings is 2. The first kappa shape index (κ1) is 25.7. The molecule has 0 radical (unpaired) electrons. The van der Waals surface area contributed by atoms with Crippen molar-refractivity contribution in [1.29, 1.82) is 0 Å². The highest BCUT2D eigenvalue weighted by molar-refractivity contribution is 6.06. The molecule has 5 N–H and O–H groups in total. The van der Waals surface area contributed by atoms with E-state index in [1.807, 2.05) is 36.4 Å². The number of amides is 1. The smallest absolute Gasteiger partial charge is 0.317 e. The number of carbonyl (C=O) groups is 3. The molecule has 2 aromatic carbocycles. The molecule has 0 atom stereocenters. The van der Waals surface area contributed by atoms with Gasteiger partial charge in [0.15, 0.2) is 0 Å². The number of carbonyl (C=O) groups excluding carboxylic acids is 2. The number of likely N-dealkylation sites (N-methyl/N-ethyl adjacent to an activating group) is 1. The summed E-state index contributed by atoms with van der Waals surface area (Å²) in [6, 6.07) is 18.1. The number of hydrogen-bond donors (Lipinski definition) is 4. The number of carboxylic acid groups (broad SMARTS) is 1. The summed E-state index contributed by atoms with van der Waals surface area (Å²) in [5.41, 5.74) is 7.01. The van der Waals surface area contributed by atoms with E-state index in [1.165, 1.54) is 0 Å². The number of nitrogen functional groups attached to an aromatic ring is 1. The lowest BCUT2D eigenvalue weighted by Crippen LogP contribution is -2.30. The van der Waals surface area contributed by atoms with Crippen molar-refractivity contribution in [1.82, 2.24) is 20.7 Å². The van der Waals surface area contributed by atoms with Crippen molar-refractivity contribution in [2.75, 3.05) is 13.6 Å². The van der Waals surface area contributed by atoms with Gasteiger partial charge in [0.2, 0.25) is 0 Å². The molecule has 2 heterocycles. The Kier molecular flexibility index (Phi) is 8.94. The molecule has 0 fully saturated rings. The zero-order valence-electron chi connectivity index (χ0n) is 19.4. The minimum atomic E-state index is -0.822. The fourth-order valence-corrected chi connectivity index (χ4v) is 3.15. The van der Waals surface area contributed by atoms with Crippen molar-refractivity contribution in [3.05, 3.63) is 95.3 Å². The molecule has 9 heteroatoms. The predicted octanol–water partition coefficient (Wildman–Crippen LogP) is 2.40. The van der Waals surface area contributed by atoms with Gasteiger partial charge in [0.1, 0.15) is 6.29 Å². The second-order valence-electron chi connectivity index (χ2n) is 7.41. The summed E-state index contributed by atoms with van der Waals surface area (Å²) in [7, 11) is 1.59. The van der Waals surface area contributed by atoms with Gasteiger partial charge in [0.25, 0.3) is 5.91 Å². The third-order valence-corrected chi connectivity index (χ3v) is 4.89. The molecule has 4 aromatic rings. The van der Waals surface area contributed by atoms with Gasteiger partial charge in [-0.25, -0.2) is 10.8 Å². The molecule has 36 heavy (non-hydrogen) atoms. The first-order chi connectivity index (χ1) is 17.4. The normalized spacial score (nSPS) is 9.83. The Morgan fingerprint density at radius 3 is 2.19 bits per heavy atom. The average Bonchev–Trinajstić information content (AvgIpc) is 2.91. The number of fused-ring (bicyclic) bond motifs is 1. The van der Waals surface area contributed by atoms with Crippen molar-refractivity contribution in [2.45, 2.75) is 0 Å². The van der Waals surface area contributed by atoms with E-state index in [4.69, 9.17) is 10.9 Å². The number of nitrogens with two attached hydrogens (primary N) is 1. The van der Waals surface area contributed by atoms with Gasteiger partial charge >= 0.3 is 5.97 Å². The monoisotopic (exact) mass is 481 g/mol. The van der Waals surface area contributed by atoms with Crippen LogP contribution < -0.4 is 16.6 Å². The van der Waals surface area contributed by atoms with Gasteiger partial charge < -0.3 is 10.4 Å². The minimum Gasteiger partial charge on any atom is -0.480 e. The van der Waals surface area contributed by atoms with Crippen LogP contribution in [0.3, 0.4) is 0 Å². The van der Waals surface area contributed by atoms with Gasteiger partial charge in [-0.1, -0.05) is 36.1 Å². The van der Waals surface area contributed by atoms with Crippen molar-refractivity contribution in [2.24, 2.45) is 5.84 Å². The van der Waals surface area contributed by atoms with Gasteiger partial charge in [-0.05, 0) is 43.4 Å². The molecular weight excluding hydrogens is 458 g/mol. The van der Waals surface area contributed by atoms with E-state index in [2.05, 4.69) is 32.6 Å². The van der Waals surface area contributed by atoms with Gasteiger partial charge in [0.05, 0.1) is 23.3 Å². The number of hydrazine groups is 1. The Balaban J connectivity index is 0.000000538. The van der Waals surface area contributed by atoms with Crippen LogP contribution in [0.5, 0.6) is 0 Å². The maximum absolute atomic E-state index is 12.2. The van der Waals surface area contributed by atoms with E-state index >= 15 is 0 Å². The summed E-state index contributed by atoms with van der Waals surface area (Å²) >= 11 is 0. The molecule has 0 saturated carbocycles. The second kappa shape index (κ2) is 12.5. The maximum atomic E-state index is 12.2. The van der Waals surface area contributed by atoms with E-state index in [0.29, 0.717) is 27.7 Å². The first-order valence-electron chi connectivity index (χ1n) is 10.7. The number of nitrogens with one attached hydrogen (secondary N) is 2. The Morgan fingerprint density at radius 2 is 1.67 bits per heavy atom. The molecule has 0 aliphatic rings. The van der Waals surface area contributed by atoms with E-state index in [9.17, 15) is 14.4 Å². The lowest BCUT2D eigenvalue weighted by Gasteiger charge is -2.08. The van der Waals surface area contributed by atoms with E-state index in [-0.39, 0.29) is 6.54 Å². The average molecular weight is 482 g/mol. The van der Waals surface area contributed by atoms with Gasteiger partial charge in [-0.3, -0.25) is 24.8 Å². The molecule has 0 bridgehead atoms. The lowest BCUT2D eigenvalue weighted by atomic mass is 10.0. The number of carboxylic acids is 1. The van der Waals surface area contributed by atoms with E-state index < -0.39 is 11.9 Å². The second-order valence-corrected chi connectivity index (χ2v) is 7.41. The van der Waals surface area contributed by atoms with Crippen LogP contribution >= 0.6 is 0 Å². The largest absolute Gasteiger partial charge is 0.480 e. The molecule has 0 spiro atoms. The summed E-state index contributed by atoms with van der Waals surface area (Å²) in [6.45, 7) is 0.0417. The van der Waals surface area contributed by atoms with Crippen molar-refractivity contribution in [3.8, 4) is 23.1 Å². The predicted molar refractivity (Wildman–Crippen MR) is 136 cm³/mol. The molecule has 9 nitrogen and oxygen atoms in total. The fourth-order valence-electron chi connectivity index (χ4n) is 3.15. The van der Waals surface area contributed by atoms with E-state index in [0.717, 1.165) is 23.0 Å². The van der Waals surface area contributed by atoms with Gasteiger partial charge in [-0.2, -0.15) is 0 Å². The molecule has 4 rings (SSSR count). The van der Waals surface area contributed by atoms with Crippen LogP contribution in [-0.2, 0) is 4.79 Å². The van der Waals surface area contributed by atoms with Crippen molar-refractivity contribution >= 4 is 29.1 Å². The van der Waals surface area contributed by atoms with Crippen molar-refractivity contribution in [3.63, 3.8) is 0 Å². The standard InChI is InChI=1S/C24H16N4O2.C3H7NO2/c25-28-24(30)20-13-23(27-22-11-12-26-14-21(20)22)19-9-7-17(8-10-19)2-1-16-3-5-18(15-29)6-4-16;1-4-2-3(5)6/h3-15H,25H2,(H,28,30);4H,2H2,1H3,(H,5,6). The molecule has 180 valence electrons. The summed E-state index contributed by atoms with van der Waals surface area (Å²) < 4.78 is 0. The number of nitrogens with zero attached hydrogens (tertiary/aromatic N) is 2. The van der Waals surface area contributed by atoms with E-state index in [1.54, 1.807) is 43.7 Å². The van der Waals surface area contributed by atoms with Crippen LogP contribution in [0.15, 0.2) is 73.1 Å². The zero-order valence-corrected chi connectivity index (χ0v) is 19.4. The summed E-state index contributed by atoms with van der Waals surface area (Å²) in [5.74, 6) is 10.3. The molecule has 0 saturated heterocycles. The molecule has 0 aliphatic heterocycles. The number of aldehydes is 1. The molecule has 2 aromatic heterocycles. The first-order valence-corrected chi connectivity index (χ1v) is 10.7. The SMILES string of the molecule is CNCC(=O)O.NNC(=O)c1cc(-c2ccc(C#Cc3ccc(C=O)cc3)cc2)nc2ccncc12. The number of rotatable bonds is 5. The quantitative estimate of drug-likeness (QED) is 0.112. The van der Waals surface area contributed by atoms with Gasteiger partial charge in [-0.15, -0.1) is 0 Å². The molecule has 1 amide bonds. The van der Waals surface area contributed by atoms with Crippen LogP contribution in [0.25, 0.3) is 22.2 Å².